The summed E-state index contributed by atoms with van der Waals surface area (Å²) in [5, 5.41) is 0. The maximum Gasteiger partial charge on any atom is 0.271 e. The summed E-state index contributed by atoms with van der Waals surface area (Å²) in [4.78, 5) is 10.8. The summed E-state index contributed by atoms with van der Waals surface area (Å²) >= 11 is 3.32. The molecule has 0 saturated heterocycles. The minimum atomic E-state index is -0.357. The average Bonchev–Trinajstić information content (AvgIpc) is 2.19. The highest BCUT2D eigenvalue weighted by Gasteiger charge is 2.03. The van der Waals surface area contributed by atoms with E-state index in [0.717, 1.165) is 10.0 Å². The van der Waals surface area contributed by atoms with Gasteiger partial charge in [0.1, 0.15) is 5.75 Å². The normalized spacial score (nSPS) is 9.64. The van der Waals surface area contributed by atoms with E-state index in [0.29, 0.717) is 5.75 Å². The number of halogens is 1. The lowest BCUT2D eigenvalue weighted by Gasteiger charge is -2.08. The standard InChI is InChI=1S/C9H11BrN2O2/c1-6-2-3-7(10)4-8(6)14-5-9(13)12-11/h2-4H,5,11H2,1H3,(H,12,13). The molecule has 14 heavy (non-hydrogen) atoms. The first-order valence-corrected chi connectivity index (χ1v) is 4.81. The quantitative estimate of drug-likeness (QED) is 0.486. The molecule has 0 aromatic heterocycles. The summed E-state index contributed by atoms with van der Waals surface area (Å²) in [5.74, 6) is 5.23. The summed E-state index contributed by atoms with van der Waals surface area (Å²) < 4.78 is 6.16. The molecule has 0 saturated carbocycles. The summed E-state index contributed by atoms with van der Waals surface area (Å²) in [6, 6.07) is 5.62. The van der Waals surface area contributed by atoms with Gasteiger partial charge in [-0.25, -0.2) is 5.84 Å². The lowest BCUT2D eigenvalue weighted by molar-refractivity contribution is -0.123. The molecule has 0 heterocycles. The molecule has 1 aromatic rings. The SMILES string of the molecule is Cc1ccc(Br)cc1OCC(=O)NN. The smallest absolute Gasteiger partial charge is 0.271 e. The highest BCUT2D eigenvalue weighted by atomic mass is 79.9. The molecule has 0 spiro atoms. The van der Waals surface area contributed by atoms with Gasteiger partial charge in [0.2, 0.25) is 0 Å². The number of carbonyl (C=O) groups excluding carboxylic acids is 1. The number of hydrazine groups is 1. The zero-order valence-electron chi connectivity index (χ0n) is 7.71. The van der Waals surface area contributed by atoms with Gasteiger partial charge in [-0.2, -0.15) is 0 Å². The minimum absolute atomic E-state index is 0.0756. The molecule has 0 aliphatic rings. The first-order chi connectivity index (χ1) is 6.63. The lowest BCUT2D eigenvalue weighted by Crippen LogP contribution is -2.34. The molecule has 0 atom stereocenters. The van der Waals surface area contributed by atoms with Gasteiger partial charge in [-0.1, -0.05) is 22.0 Å². The minimum Gasteiger partial charge on any atom is -0.483 e. The molecule has 76 valence electrons. The number of amides is 1. The number of hydrogen-bond acceptors (Lipinski definition) is 3. The molecule has 0 fully saturated rings. The van der Waals surface area contributed by atoms with Gasteiger partial charge in [-0.05, 0) is 24.6 Å². The van der Waals surface area contributed by atoms with Gasteiger partial charge in [0.25, 0.3) is 5.91 Å². The Hall–Kier alpha value is -1.07. The van der Waals surface area contributed by atoms with Crippen LogP contribution in [0.25, 0.3) is 0 Å². The second kappa shape index (κ2) is 4.97. The van der Waals surface area contributed by atoms with Crippen LogP contribution in [0.2, 0.25) is 0 Å². The van der Waals surface area contributed by atoms with Crippen LogP contribution in [0, 0.1) is 6.92 Å². The molecule has 1 aromatic carbocycles. The van der Waals surface area contributed by atoms with E-state index >= 15 is 0 Å². The molecule has 0 aliphatic carbocycles. The van der Waals surface area contributed by atoms with Crippen LogP contribution in [-0.2, 0) is 4.79 Å². The van der Waals surface area contributed by atoms with E-state index in [2.05, 4.69) is 15.9 Å². The monoisotopic (exact) mass is 258 g/mol. The maximum atomic E-state index is 10.8. The second-order valence-electron chi connectivity index (χ2n) is 2.77. The lowest BCUT2D eigenvalue weighted by atomic mass is 10.2. The van der Waals surface area contributed by atoms with Gasteiger partial charge in [0, 0.05) is 4.47 Å². The van der Waals surface area contributed by atoms with Crippen LogP contribution in [0.5, 0.6) is 5.75 Å². The van der Waals surface area contributed by atoms with Gasteiger partial charge in [-0.3, -0.25) is 10.2 Å². The van der Waals surface area contributed by atoms with E-state index in [4.69, 9.17) is 10.6 Å². The van der Waals surface area contributed by atoms with E-state index in [1.165, 1.54) is 0 Å². The Kier molecular flexibility index (Phi) is 3.91. The van der Waals surface area contributed by atoms with Gasteiger partial charge < -0.3 is 4.74 Å². The van der Waals surface area contributed by atoms with E-state index < -0.39 is 0 Å². The van der Waals surface area contributed by atoms with Crippen molar-refractivity contribution in [3.8, 4) is 5.75 Å². The molecular weight excluding hydrogens is 248 g/mol. The summed E-state index contributed by atoms with van der Waals surface area (Å²) in [6.45, 7) is 1.83. The third-order valence-electron chi connectivity index (χ3n) is 1.67. The van der Waals surface area contributed by atoms with Crippen molar-refractivity contribution in [3.05, 3.63) is 28.2 Å². The van der Waals surface area contributed by atoms with Gasteiger partial charge in [0.15, 0.2) is 6.61 Å². The van der Waals surface area contributed by atoms with Crippen LogP contribution in [0.15, 0.2) is 22.7 Å². The van der Waals surface area contributed by atoms with Crippen LogP contribution in [0.4, 0.5) is 0 Å². The maximum absolute atomic E-state index is 10.8. The van der Waals surface area contributed by atoms with Gasteiger partial charge >= 0.3 is 0 Å². The molecule has 0 bridgehead atoms. The predicted octanol–water partition coefficient (Wildman–Crippen LogP) is 1.13. The Morgan fingerprint density at radius 3 is 3.00 bits per heavy atom. The number of carbonyl (C=O) groups is 1. The van der Waals surface area contributed by atoms with Crippen molar-refractivity contribution in [2.75, 3.05) is 6.61 Å². The van der Waals surface area contributed by atoms with Crippen molar-refractivity contribution in [1.82, 2.24) is 5.43 Å². The fraction of sp³-hybridized carbons (Fsp3) is 0.222. The van der Waals surface area contributed by atoms with E-state index in [-0.39, 0.29) is 12.5 Å². The summed E-state index contributed by atoms with van der Waals surface area (Å²) in [7, 11) is 0. The molecule has 4 nitrogen and oxygen atoms in total. The number of aryl methyl sites for hydroxylation is 1. The van der Waals surface area contributed by atoms with Crippen molar-refractivity contribution in [1.29, 1.82) is 0 Å². The van der Waals surface area contributed by atoms with Gasteiger partial charge in [0.05, 0.1) is 0 Å². The molecule has 5 heteroatoms. The molecular formula is C9H11BrN2O2. The van der Waals surface area contributed by atoms with Crippen LogP contribution < -0.4 is 16.0 Å². The Morgan fingerprint density at radius 1 is 1.64 bits per heavy atom. The first kappa shape index (κ1) is 11.0. The summed E-state index contributed by atoms with van der Waals surface area (Å²) in [6.07, 6.45) is 0. The Labute approximate surface area is 90.5 Å². The van der Waals surface area contributed by atoms with Crippen LogP contribution >= 0.6 is 15.9 Å². The topological polar surface area (TPSA) is 64.3 Å². The van der Waals surface area contributed by atoms with E-state index in [1.54, 1.807) is 6.07 Å². The van der Waals surface area contributed by atoms with Crippen LogP contribution in [0.3, 0.4) is 0 Å². The average molecular weight is 259 g/mol. The third kappa shape index (κ3) is 3.01. The molecule has 0 aliphatic heterocycles. The van der Waals surface area contributed by atoms with Crippen molar-refractivity contribution >= 4 is 21.8 Å². The van der Waals surface area contributed by atoms with Crippen molar-refractivity contribution < 1.29 is 9.53 Å². The second-order valence-corrected chi connectivity index (χ2v) is 3.68. The molecule has 3 N–H and O–H groups in total. The predicted molar refractivity (Wildman–Crippen MR) is 56.7 cm³/mol. The number of benzene rings is 1. The van der Waals surface area contributed by atoms with Crippen molar-refractivity contribution in [3.63, 3.8) is 0 Å². The number of ether oxygens (including phenoxy) is 1. The zero-order chi connectivity index (χ0) is 10.6. The third-order valence-corrected chi connectivity index (χ3v) is 2.16. The van der Waals surface area contributed by atoms with Crippen molar-refractivity contribution in [2.45, 2.75) is 6.92 Å². The van der Waals surface area contributed by atoms with Crippen LogP contribution in [0.1, 0.15) is 5.56 Å². The highest BCUT2D eigenvalue weighted by molar-refractivity contribution is 9.10. The number of hydrogen-bond donors (Lipinski definition) is 2. The largest absolute Gasteiger partial charge is 0.483 e. The Morgan fingerprint density at radius 2 is 2.36 bits per heavy atom. The van der Waals surface area contributed by atoms with E-state index in [1.807, 2.05) is 24.5 Å². The molecule has 1 rings (SSSR count). The van der Waals surface area contributed by atoms with Gasteiger partial charge in [-0.15, -0.1) is 0 Å². The van der Waals surface area contributed by atoms with Crippen LogP contribution in [-0.4, -0.2) is 12.5 Å². The highest BCUT2D eigenvalue weighted by Crippen LogP contribution is 2.22. The number of nitrogens with two attached hydrogens (primary N) is 1. The van der Waals surface area contributed by atoms with Crippen molar-refractivity contribution in [2.24, 2.45) is 5.84 Å². The first-order valence-electron chi connectivity index (χ1n) is 4.02. The zero-order valence-corrected chi connectivity index (χ0v) is 9.30. The molecule has 0 radical (unpaired) electrons. The Balaban J connectivity index is 2.66. The molecule has 0 unspecified atom stereocenters. The molecule has 1 amide bonds. The fourth-order valence-corrected chi connectivity index (χ4v) is 1.25. The Bertz CT molecular complexity index is 342. The summed E-state index contributed by atoms with van der Waals surface area (Å²) in [5.41, 5.74) is 2.96. The number of rotatable bonds is 3. The fourth-order valence-electron chi connectivity index (χ4n) is 0.914. The van der Waals surface area contributed by atoms with E-state index in [9.17, 15) is 4.79 Å². The number of nitrogens with one attached hydrogen (secondary N) is 1.